The largest absolute Gasteiger partial charge is 0.318 e. The Kier molecular flexibility index (Phi) is 3.98. The molecule has 0 bridgehead atoms. The maximum Gasteiger partial charge on any atom is 0.214 e. The fourth-order valence-corrected chi connectivity index (χ4v) is 3.30. The van der Waals surface area contributed by atoms with Gasteiger partial charge in [-0.1, -0.05) is 42.1 Å². The molecule has 1 aromatic heterocycles. The summed E-state index contributed by atoms with van der Waals surface area (Å²) >= 11 is 1.29. The van der Waals surface area contributed by atoms with Crippen molar-refractivity contribution in [2.45, 2.75) is 11.2 Å². The number of hydrogen-bond donors (Lipinski definition) is 2. The summed E-state index contributed by atoms with van der Waals surface area (Å²) in [5, 5.41) is 10.6. The van der Waals surface area contributed by atoms with E-state index in [1.807, 2.05) is 30.3 Å². The third kappa shape index (κ3) is 2.90. The van der Waals surface area contributed by atoms with E-state index in [1.165, 1.54) is 23.9 Å². The second kappa shape index (κ2) is 6.30. The topological polar surface area (TPSA) is 68.8 Å². The van der Waals surface area contributed by atoms with E-state index in [9.17, 15) is 8.78 Å². The number of rotatable bonds is 3. The monoisotopic (exact) mass is 357 g/mol. The summed E-state index contributed by atoms with van der Waals surface area (Å²) in [4.78, 5) is 0. The highest BCUT2D eigenvalue weighted by molar-refractivity contribution is 8.02. The minimum atomic E-state index is -0.648. The Labute approximate surface area is 146 Å². The van der Waals surface area contributed by atoms with Crippen molar-refractivity contribution >= 4 is 17.5 Å². The zero-order valence-electron chi connectivity index (χ0n) is 12.9. The van der Waals surface area contributed by atoms with Crippen molar-refractivity contribution < 1.29 is 8.78 Å². The van der Waals surface area contributed by atoms with Gasteiger partial charge in [-0.15, -0.1) is 10.2 Å². The summed E-state index contributed by atoms with van der Waals surface area (Å²) in [6, 6.07) is 12.4. The molecule has 1 atom stereocenters. The summed E-state index contributed by atoms with van der Waals surface area (Å²) in [5.41, 5.74) is 11.0. The van der Waals surface area contributed by atoms with Crippen molar-refractivity contribution in [3.63, 3.8) is 0 Å². The molecule has 0 spiro atoms. The highest BCUT2D eigenvalue weighted by atomic mass is 32.2. The van der Waals surface area contributed by atoms with Gasteiger partial charge in [-0.3, -0.25) is 5.43 Å². The Balaban J connectivity index is 1.68. The van der Waals surface area contributed by atoms with Gasteiger partial charge in [0.05, 0.1) is 11.7 Å². The number of thioether (sulfide) groups is 1. The van der Waals surface area contributed by atoms with Crippen LogP contribution in [0.3, 0.4) is 0 Å². The first-order valence-electron chi connectivity index (χ1n) is 7.48. The quantitative estimate of drug-likeness (QED) is 0.753. The van der Waals surface area contributed by atoms with E-state index in [1.54, 1.807) is 10.1 Å². The molecule has 2 heterocycles. The maximum atomic E-state index is 14.1. The van der Waals surface area contributed by atoms with Crippen LogP contribution in [-0.4, -0.2) is 14.9 Å². The summed E-state index contributed by atoms with van der Waals surface area (Å²) in [5.74, 6) is -0.770. The minimum absolute atomic E-state index is 0.257. The third-order valence-electron chi connectivity index (χ3n) is 3.83. The summed E-state index contributed by atoms with van der Waals surface area (Å²) in [6.07, 6.45) is 0. The molecule has 0 saturated carbocycles. The average molecular weight is 357 g/mol. The Hall–Kier alpha value is -2.71. The van der Waals surface area contributed by atoms with Gasteiger partial charge in [0.15, 0.2) is 5.82 Å². The van der Waals surface area contributed by atoms with Crippen LogP contribution in [-0.2, 0) is 0 Å². The molecule has 0 fully saturated rings. The van der Waals surface area contributed by atoms with Crippen LogP contribution in [0, 0.1) is 11.6 Å². The molecule has 3 aromatic rings. The van der Waals surface area contributed by atoms with E-state index in [0.717, 1.165) is 11.6 Å². The number of halogens is 2. The predicted octanol–water partition coefficient (Wildman–Crippen LogP) is 3.25. The van der Waals surface area contributed by atoms with Crippen LogP contribution in [0.15, 0.2) is 59.1 Å². The van der Waals surface area contributed by atoms with Crippen LogP contribution < -0.4 is 11.2 Å². The Morgan fingerprint density at radius 1 is 1.08 bits per heavy atom. The minimum Gasteiger partial charge on any atom is -0.318 e. The fourth-order valence-electron chi connectivity index (χ4n) is 2.56. The van der Waals surface area contributed by atoms with E-state index in [0.29, 0.717) is 16.7 Å². The predicted molar refractivity (Wildman–Crippen MR) is 92.0 cm³/mol. The van der Waals surface area contributed by atoms with Crippen molar-refractivity contribution in [2.75, 3.05) is 5.43 Å². The first-order chi connectivity index (χ1) is 12.1. The molecule has 1 aliphatic rings. The number of nitrogens with two attached hydrogens (primary N) is 1. The van der Waals surface area contributed by atoms with Crippen LogP contribution in [0.5, 0.6) is 0 Å². The van der Waals surface area contributed by atoms with Crippen LogP contribution in [0.1, 0.15) is 23.0 Å². The zero-order valence-corrected chi connectivity index (χ0v) is 13.7. The number of nitrogens with one attached hydrogen (secondary N) is 1. The Bertz CT molecular complexity index is 955. The molecule has 3 N–H and O–H groups in total. The van der Waals surface area contributed by atoms with E-state index in [4.69, 9.17) is 5.73 Å². The molecule has 1 aliphatic heterocycles. The van der Waals surface area contributed by atoms with E-state index < -0.39 is 17.7 Å². The molecule has 0 unspecified atom stereocenters. The summed E-state index contributed by atoms with van der Waals surface area (Å²) in [7, 11) is 0. The Morgan fingerprint density at radius 2 is 1.88 bits per heavy atom. The van der Waals surface area contributed by atoms with Gasteiger partial charge < -0.3 is 5.73 Å². The number of benzene rings is 2. The van der Waals surface area contributed by atoms with Gasteiger partial charge in [-0.25, -0.2) is 13.5 Å². The van der Waals surface area contributed by atoms with E-state index >= 15 is 0 Å². The smallest absolute Gasteiger partial charge is 0.214 e. The molecule has 25 heavy (non-hydrogen) atoms. The molecule has 0 radical (unpaired) electrons. The van der Waals surface area contributed by atoms with E-state index in [2.05, 4.69) is 15.6 Å². The van der Waals surface area contributed by atoms with Crippen molar-refractivity contribution in [1.29, 1.82) is 0 Å². The number of fused-ring (bicyclic) bond motifs is 1. The molecule has 8 heteroatoms. The molecule has 0 saturated heterocycles. The first-order valence-corrected chi connectivity index (χ1v) is 8.36. The van der Waals surface area contributed by atoms with Crippen molar-refractivity contribution in [2.24, 2.45) is 5.73 Å². The zero-order chi connectivity index (χ0) is 17.4. The van der Waals surface area contributed by atoms with Crippen LogP contribution in [0.25, 0.3) is 5.70 Å². The number of aromatic nitrogens is 3. The fraction of sp³-hybridized carbons (Fsp3) is 0.0588. The van der Waals surface area contributed by atoms with Gasteiger partial charge in [-0.05, 0) is 17.7 Å². The first kappa shape index (κ1) is 15.8. The van der Waals surface area contributed by atoms with Gasteiger partial charge in [0, 0.05) is 17.0 Å². The van der Waals surface area contributed by atoms with Gasteiger partial charge in [0.1, 0.15) is 11.6 Å². The lowest BCUT2D eigenvalue weighted by Gasteiger charge is -2.21. The van der Waals surface area contributed by atoms with Crippen LogP contribution >= 0.6 is 11.8 Å². The van der Waals surface area contributed by atoms with Crippen molar-refractivity contribution in [3.05, 3.63) is 82.5 Å². The molecule has 126 valence electrons. The second-order valence-electron chi connectivity index (χ2n) is 5.45. The normalized spacial score (nSPS) is 14.4. The third-order valence-corrected chi connectivity index (χ3v) is 4.66. The molecular formula is C17H13F2N5S. The molecule has 2 aromatic carbocycles. The summed E-state index contributed by atoms with van der Waals surface area (Å²) < 4.78 is 28.8. The molecule has 0 amide bonds. The van der Waals surface area contributed by atoms with Crippen molar-refractivity contribution in [3.8, 4) is 0 Å². The molecule has 4 rings (SSSR count). The van der Waals surface area contributed by atoms with Gasteiger partial charge in [0.25, 0.3) is 0 Å². The SMILES string of the molecule is N[C@H](c1ccccc1)c1nnc2n1NC(c1ccc(F)cc1F)=CS2. The number of hydrogen-bond acceptors (Lipinski definition) is 5. The van der Waals surface area contributed by atoms with Crippen molar-refractivity contribution in [1.82, 2.24) is 14.9 Å². The molecule has 0 aliphatic carbocycles. The lowest BCUT2D eigenvalue weighted by Crippen LogP contribution is -2.25. The molecular weight excluding hydrogens is 344 g/mol. The maximum absolute atomic E-state index is 14.1. The lowest BCUT2D eigenvalue weighted by atomic mass is 10.1. The molecule has 5 nitrogen and oxygen atoms in total. The second-order valence-corrected chi connectivity index (χ2v) is 6.29. The highest BCUT2D eigenvalue weighted by Crippen LogP contribution is 2.31. The lowest BCUT2D eigenvalue weighted by molar-refractivity contribution is 0.580. The van der Waals surface area contributed by atoms with Crippen LogP contribution in [0.2, 0.25) is 0 Å². The number of nitrogens with zero attached hydrogens (tertiary/aromatic N) is 3. The average Bonchev–Trinajstić information content (AvgIpc) is 3.05. The Morgan fingerprint density at radius 3 is 2.64 bits per heavy atom. The van der Waals surface area contributed by atoms with Gasteiger partial charge >= 0.3 is 0 Å². The standard InChI is InChI=1S/C17H13F2N5S/c18-11-6-7-12(13(19)8-11)14-9-25-17-22-21-16(24(17)23-14)15(20)10-4-2-1-3-5-10/h1-9,15,23H,20H2/t15-/m1/s1. The summed E-state index contributed by atoms with van der Waals surface area (Å²) in [6.45, 7) is 0. The van der Waals surface area contributed by atoms with Crippen LogP contribution in [0.4, 0.5) is 8.78 Å². The van der Waals surface area contributed by atoms with E-state index in [-0.39, 0.29) is 5.56 Å². The van der Waals surface area contributed by atoms with Gasteiger partial charge in [0.2, 0.25) is 5.16 Å². The van der Waals surface area contributed by atoms with Gasteiger partial charge in [-0.2, -0.15) is 0 Å². The highest BCUT2D eigenvalue weighted by Gasteiger charge is 2.24.